The smallest absolute Gasteiger partial charge is 0.126 e. The molecule has 0 aromatic carbocycles. The Balaban J connectivity index is 1.56. The first-order valence-electron chi connectivity index (χ1n) is 8.16. The summed E-state index contributed by atoms with van der Waals surface area (Å²) in [5, 5.41) is 3.44. The Morgan fingerprint density at radius 1 is 1.30 bits per heavy atom. The summed E-state index contributed by atoms with van der Waals surface area (Å²) in [5.41, 5.74) is 1.03. The lowest BCUT2D eigenvalue weighted by molar-refractivity contribution is -0.0387. The maximum atomic E-state index is 6.04. The number of morpholine rings is 1. The van der Waals surface area contributed by atoms with Gasteiger partial charge in [0.15, 0.2) is 0 Å². The van der Waals surface area contributed by atoms with E-state index >= 15 is 0 Å². The SMILES string of the molecule is Clc1ccc(-c2cnc(C3COCCN3C3CCNCC3)[nH]2)s1. The van der Waals surface area contributed by atoms with E-state index < -0.39 is 0 Å². The summed E-state index contributed by atoms with van der Waals surface area (Å²) in [6.45, 7) is 4.71. The highest BCUT2D eigenvalue weighted by molar-refractivity contribution is 7.19. The molecule has 0 bridgehead atoms. The third-order valence-electron chi connectivity index (χ3n) is 4.70. The summed E-state index contributed by atoms with van der Waals surface area (Å²) in [6, 6.07) is 4.80. The van der Waals surface area contributed by atoms with Gasteiger partial charge in [0.05, 0.1) is 40.4 Å². The average Bonchev–Trinajstić information content (AvgIpc) is 3.24. The second-order valence-corrected chi connectivity index (χ2v) is 7.81. The van der Waals surface area contributed by atoms with E-state index in [4.69, 9.17) is 16.3 Å². The van der Waals surface area contributed by atoms with E-state index in [1.807, 2.05) is 18.3 Å². The molecule has 0 aliphatic carbocycles. The fourth-order valence-corrected chi connectivity index (χ4v) is 4.53. The zero-order valence-corrected chi connectivity index (χ0v) is 14.5. The summed E-state index contributed by atoms with van der Waals surface area (Å²) < 4.78 is 6.54. The number of aromatic nitrogens is 2. The highest BCUT2D eigenvalue weighted by Gasteiger charge is 2.33. The summed E-state index contributed by atoms with van der Waals surface area (Å²) in [7, 11) is 0. The van der Waals surface area contributed by atoms with Crippen LogP contribution in [-0.2, 0) is 4.74 Å². The molecule has 0 amide bonds. The summed E-state index contributed by atoms with van der Waals surface area (Å²) >= 11 is 7.61. The maximum absolute atomic E-state index is 6.04. The molecule has 0 saturated carbocycles. The first-order chi connectivity index (χ1) is 11.3. The molecule has 2 saturated heterocycles. The molecule has 4 rings (SSSR count). The lowest BCUT2D eigenvalue weighted by Crippen LogP contribution is -2.49. The Bertz CT molecular complexity index is 652. The minimum atomic E-state index is 0.219. The topological polar surface area (TPSA) is 53.2 Å². The molecule has 2 N–H and O–H groups in total. The zero-order chi connectivity index (χ0) is 15.6. The van der Waals surface area contributed by atoms with E-state index in [-0.39, 0.29) is 6.04 Å². The van der Waals surface area contributed by atoms with Crippen LogP contribution in [0.5, 0.6) is 0 Å². The molecule has 7 heteroatoms. The van der Waals surface area contributed by atoms with Gasteiger partial charge >= 0.3 is 0 Å². The molecular weight excluding hydrogens is 332 g/mol. The molecule has 1 atom stereocenters. The van der Waals surface area contributed by atoms with Crippen LogP contribution in [0, 0.1) is 0 Å². The fourth-order valence-electron chi connectivity index (χ4n) is 3.52. The van der Waals surface area contributed by atoms with Crippen molar-refractivity contribution in [2.45, 2.75) is 24.9 Å². The van der Waals surface area contributed by atoms with Gasteiger partial charge in [-0.05, 0) is 38.1 Å². The van der Waals surface area contributed by atoms with Gasteiger partial charge in [-0.2, -0.15) is 0 Å². The van der Waals surface area contributed by atoms with Crippen LogP contribution in [0.25, 0.3) is 10.6 Å². The number of thiophene rings is 1. The molecule has 0 spiro atoms. The van der Waals surface area contributed by atoms with Gasteiger partial charge in [-0.25, -0.2) is 4.98 Å². The highest BCUT2D eigenvalue weighted by atomic mass is 35.5. The lowest BCUT2D eigenvalue weighted by Gasteiger charge is -2.41. The van der Waals surface area contributed by atoms with Crippen molar-refractivity contribution >= 4 is 22.9 Å². The summed E-state index contributed by atoms with van der Waals surface area (Å²) in [5.74, 6) is 1.00. The van der Waals surface area contributed by atoms with Crippen molar-refractivity contribution in [3.05, 3.63) is 28.5 Å². The molecule has 0 radical (unpaired) electrons. The number of ether oxygens (including phenoxy) is 1. The molecule has 2 aromatic heterocycles. The van der Waals surface area contributed by atoms with Gasteiger partial charge < -0.3 is 15.0 Å². The Labute approximate surface area is 145 Å². The van der Waals surface area contributed by atoms with Gasteiger partial charge in [-0.15, -0.1) is 11.3 Å². The number of hydrogen-bond donors (Lipinski definition) is 2. The van der Waals surface area contributed by atoms with Crippen molar-refractivity contribution < 1.29 is 4.74 Å². The number of rotatable bonds is 3. The standard InChI is InChI=1S/C16H21ClN4OS/c17-15-2-1-14(23-15)12-9-19-16(20-12)13-10-22-8-7-21(13)11-3-5-18-6-4-11/h1-2,9,11,13,18H,3-8,10H2,(H,19,20). The van der Waals surface area contributed by atoms with Crippen molar-refractivity contribution in [3.63, 3.8) is 0 Å². The molecule has 2 aliphatic rings. The quantitative estimate of drug-likeness (QED) is 0.891. The number of imidazole rings is 1. The second-order valence-electron chi connectivity index (χ2n) is 6.10. The predicted molar refractivity (Wildman–Crippen MR) is 93.1 cm³/mol. The van der Waals surface area contributed by atoms with Crippen LogP contribution in [0.1, 0.15) is 24.7 Å². The van der Waals surface area contributed by atoms with Crippen LogP contribution < -0.4 is 5.32 Å². The Morgan fingerprint density at radius 3 is 2.96 bits per heavy atom. The van der Waals surface area contributed by atoms with Crippen molar-refractivity contribution in [1.82, 2.24) is 20.2 Å². The van der Waals surface area contributed by atoms with Gasteiger partial charge in [0.25, 0.3) is 0 Å². The highest BCUT2D eigenvalue weighted by Crippen LogP contribution is 2.32. The van der Waals surface area contributed by atoms with Crippen LogP contribution in [0.3, 0.4) is 0 Å². The number of piperidine rings is 1. The van der Waals surface area contributed by atoms with Crippen LogP contribution in [0.15, 0.2) is 18.3 Å². The van der Waals surface area contributed by atoms with Crippen molar-refractivity contribution in [2.24, 2.45) is 0 Å². The van der Waals surface area contributed by atoms with Crippen LogP contribution in [-0.4, -0.2) is 53.8 Å². The van der Waals surface area contributed by atoms with Crippen molar-refractivity contribution in [1.29, 1.82) is 0 Å². The van der Waals surface area contributed by atoms with Crippen molar-refractivity contribution in [2.75, 3.05) is 32.8 Å². The molecular formula is C16H21ClN4OS. The van der Waals surface area contributed by atoms with Gasteiger partial charge in [0, 0.05) is 12.6 Å². The van der Waals surface area contributed by atoms with Crippen molar-refractivity contribution in [3.8, 4) is 10.6 Å². The summed E-state index contributed by atoms with van der Waals surface area (Å²) in [4.78, 5) is 11.8. The third kappa shape index (κ3) is 3.32. The van der Waals surface area contributed by atoms with E-state index in [1.165, 1.54) is 12.8 Å². The van der Waals surface area contributed by atoms with Crippen LogP contribution >= 0.6 is 22.9 Å². The normalized spacial score (nSPS) is 24.1. The Hall–Kier alpha value is -0.920. The van der Waals surface area contributed by atoms with E-state index in [1.54, 1.807) is 11.3 Å². The zero-order valence-electron chi connectivity index (χ0n) is 12.9. The minimum Gasteiger partial charge on any atom is -0.378 e. The fraction of sp³-hybridized carbons (Fsp3) is 0.562. The molecule has 2 aromatic rings. The van der Waals surface area contributed by atoms with E-state index in [0.29, 0.717) is 12.6 Å². The van der Waals surface area contributed by atoms with Gasteiger partial charge in [0.2, 0.25) is 0 Å². The Kier molecular flexibility index (Phi) is 4.68. The van der Waals surface area contributed by atoms with Gasteiger partial charge in [0.1, 0.15) is 5.82 Å². The largest absolute Gasteiger partial charge is 0.378 e. The molecule has 5 nitrogen and oxygen atoms in total. The first kappa shape index (κ1) is 15.6. The molecule has 2 aliphatic heterocycles. The number of nitrogens with zero attached hydrogens (tertiary/aromatic N) is 2. The molecule has 124 valence electrons. The van der Waals surface area contributed by atoms with Gasteiger partial charge in [-0.3, -0.25) is 4.90 Å². The molecule has 1 unspecified atom stereocenters. The van der Waals surface area contributed by atoms with E-state index in [2.05, 4.69) is 20.2 Å². The summed E-state index contributed by atoms with van der Waals surface area (Å²) in [6.07, 6.45) is 4.31. The minimum absolute atomic E-state index is 0.219. The number of nitrogens with one attached hydrogen (secondary N) is 2. The van der Waals surface area contributed by atoms with Crippen LogP contribution in [0.2, 0.25) is 4.34 Å². The molecule has 4 heterocycles. The number of hydrogen-bond acceptors (Lipinski definition) is 5. The van der Waals surface area contributed by atoms with E-state index in [0.717, 1.165) is 47.0 Å². The number of aromatic amines is 1. The lowest BCUT2D eigenvalue weighted by atomic mass is 10.0. The van der Waals surface area contributed by atoms with Crippen LogP contribution in [0.4, 0.5) is 0 Å². The Morgan fingerprint density at radius 2 is 2.17 bits per heavy atom. The maximum Gasteiger partial charge on any atom is 0.126 e. The van der Waals surface area contributed by atoms with Gasteiger partial charge in [-0.1, -0.05) is 11.6 Å². The first-order valence-corrected chi connectivity index (χ1v) is 9.35. The number of halogens is 1. The monoisotopic (exact) mass is 352 g/mol. The molecule has 2 fully saturated rings. The third-order valence-corrected chi connectivity index (χ3v) is 5.96. The second kappa shape index (κ2) is 6.91. The molecule has 23 heavy (non-hydrogen) atoms. The predicted octanol–water partition coefficient (Wildman–Crippen LogP) is 2.92. The average molecular weight is 353 g/mol. The van der Waals surface area contributed by atoms with E-state index in [9.17, 15) is 0 Å². The number of H-pyrrole nitrogens is 1.